The summed E-state index contributed by atoms with van der Waals surface area (Å²) in [6.45, 7) is 11.4. The van der Waals surface area contributed by atoms with Crippen LogP contribution in [0.15, 0.2) is 66.7 Å². The summed E-state index contributed by atoms with van der Waals surface area (Å²) in [5, 5.41) is 2.64. The van der Waals surface area contributed by atoms with Crippen molar-refractivity contribution < 1.29 is 0 Å². The molecule has 0 saturated carbocycles. The molecule has 0 fully saturated rings. The zero-order valence-corrected chi connectivity index (χ0v) is 18.5. The number of nitrogens with zero attached hydrogens (tertiary/aromatic N) is 1. The van der Waals surface area contributed by atoms with Crippen LogP contribution in [0.4, 0.5) is 0 Å². The van der Waals surface area contributed by atoms with Gasteiger partial charge in [-0.1, -0.05) is 63.2 Å². The van der Waals surface area contributed by atoms with Crippen LogP contribution in [-0.4, -0.2) is 10.8 Å². The molecular formula is C26H29NS. The van der Waals surface area contributed by atoms with Crippen molar-refractivity contribution in [3.63, 3.8) is 0 Å². The lowest BCUT2D eigenvalue weighted by molar-refractivity contribution is 0.591. The summed E-state index contributed by atoms with van der Waals surface area (Å²) in [4.78, 5) is 0. The van der Waals surface area contributed by atoms with Crippen LogP contribution in [0.3, 0.4) is 0 Å². The summed E-state index contributed by atoms with van der Waals surface area (Å²) < 4.78 is 2.52. The van der Waals surface area contributed by atoms with Gasteiger partial charge in [-0.05, 0) is 60.9 Å². The van der Waals surface area contributed by atoms with Crippen molar-refractivity contribution in [2.75, 3.05) is 6.26 Å². The molecule has 0 radical (unpaired) electrons. The van der Waals surface area contributed by atoms with Gasteiger partial charge in [-0.3, -0.25) is 0 Å². The van der Waals surface area contributed by atoms with Gasteiger partial charge in [0.05, 0.1) is 11.0 Å². The number of hydrogen-bond acceptors (Lipinski definition) is 1. The molecule has 1 nitrogen and oxygen atoms in total. The van der Waals surface area contributed by atoms with Gasteiger partial charge in [-0.2, -0.15) is 11.8 Å². The summed E-state index contributed by atoms with van der Waals surface area (Å²) in [5.41, 5.74) is 6.64. The normalized spacial score (nSPS) is 12.8. The minimum atomic E-state index is 0.0860. The topological polar surface area (TPSA) is 4.93 Å². The van der Waals surface area contributed by atoms with Gasteiger partial charge in [0.1, 0.15) is 0 Å². The van der Waals surface area contributed by atoms with E-state index < -0.39 is 0 Å². The van der Waals surface area contributed by atoms with Crippen molar-refractivity contribution >= 4 is 33.6 Å². The number of rotatable bonds is 3. The van der Waals surface area contributed by atoms with Crippen LogP contribution in [0.1, 0.15) is 45.7 Å². The van der Waals surface area contributed by atoms with Crippen molar-refractivity contribution in [1.29, 1.82) is 0 Å². The molecule has 144 valence electrons. The predicted molar refractivity (Wildman–Crippen MR) is 126 cm³/mol. The fourth-order valence-corrected chi connectivity index (χ4v) is 4.20. The van der Waals surface area contributed by atoms with E-state index in [0.717, 1.165) is 0 Å². The van der Waals surface area contributed by atoms with Gasteiger partial charge in [-0.25, -0.2) is 0 Å². The zero-order chi connectivity index (χ0) is 20.1. The van der Waals surface area contributed by atoms with Crippen molar-refractivity contribution in [3.05, 3.63) is 77.9 Å². The first kappa shape index (κ1) is 19.1. The molecule has 0 bridgehead atoms. The third-order valence-electron chi connectivity index (χ3n) is 5.85. The number of thioether (sulfide) groups is 1. The van der Waals surface area contributed by atoms with E-state index in [2.05, 4.69) is 112 Å². The molecule has 0 aliphatic carbocycles. The zero-order valence-electron chi connectivity index (χ0n) is 17.7. The van der Waals surface area contributed by atoms with Crippen molar-refractivity contribution in [1.82, 2.24) is 4.57 Å². The Bertz CT molecular complexity index is 1140. The molecule has 2 heteroatoms. The first-order valence-corrected chi connectivity index (χ1v) is 11.1. The van der Waals surface area contributed by atoms with E-state index in [1.165, 1.54) is 38.6 Å². The summed E-state index contributed by atoms with van der Waals surface area (Å²) in [6, 6.07) is 24.7. The van der Waals surface area contributed by atoms with E-state index in [-0.39, 0.29) is 10.2 Å². The third-order valence-corrected chi connectivity index (χ3v) is 7.11. The van der Waals surface area contributed by atoms with E-state index in [9.17, 15) is 0 Å². The molecule has 3 aromatic carbocycles. The standard InChI is InChI=1S/C26H29NS/c1-25(2,3)18-12-14-21-22-15-13-19(26(4,5)28-6)17-24(22)27(23(21)16-18)20-10-8-7-9-11-20/h7-17H,1-6H3. The Hall–Kier alpha value is -2.19. The molecule has 1 aromatic heterocycles. The van der Waals surface area contributed by atoms with E-state index in [1.54, 1.807) is 0 Å². The Morgan fingerprint density at radius 3 is 1.75 bits per heavy atom. The number of para-hydroxylation sites is 1. The molecule has 0 aliphatic heterocycles. The molecule has 0 saturated heterocycles. The first-order chi connectivity index (χ1) is 13.2. The summed E-state index contributed by atoms with van der Waals surface area (Å²) >= 11 is 1.89. The summed E-state index contributed by atoms with van der Waals surface area (Å²) in [7, 11) is 0. The quantitative estimate of drug-likeness (QED) is 0.349. The van der Waals surface area contributed by atoms with Crippen LogP contribution >= 0.6 is 11.8 Å². The van der Waals surface area contributed by atoms with E-state index in [0.29, 0.717) is 0 Å². The average molecular weight is 388 g/mol. The van der Waals surface area contributed by atoms with Crippen molar-refractivity contribution in [3.8, 4) is 5.69 Å². The van der Waals surface area contributed by atoms with E-state index >= 15 is 0 Å². The monoisotopic (exact) mass is 387 g/mol. The molecule has 4 aromatic rings. The average Bonchev–Trinajstić information content (AvgIpc) is 3.01. The summed E-state index contributed by atoms with van der Waals surface area (Å²) in [6.07, 6.45) is 2.19. The Morgan fingerprint density at radius 1 is 0.679 bits per heavy atom. The number of fused-ring (bicyclic) bond motifs is 3. The maximum absolute atomic E-state index is 2.43. The maximum Gasteiger partial charge on any atom is 0.0544 e. The van der Waals surface area contributed by atoms with Gasteiger partial charge in [0.15, 0.2) is 0 Å². The highest BCUT2D eigenvalue weighted by Gasteiger charge is 2.22. The van der Waals surface area contributed by atoms with E-state index in [4.69, 9.17) is 0 Å². The number of benzene rings is 3. The van der Waals surface area contributed by atoms with E-state index in [1.807, 2.05) is 11.8 Å². The minimum absolute atomic E-state index is 0.0860. The van der Waals surface area contributed by atoms with Crippen molar-refractivity contribution in [2.45, 2.75) is 44.8 Å². The predicted octanol–water partition coefficient (Wildman–Crippen LogP) is 7.68. The molecule has 0 unspecified atom stereocenters. The van der Waals surface area contributed by atoms with Gasteiger partial charge in [-0.15, -0.1) is 0 Å². The van der Waals surface area contributed by atoms with Crippen LogP contribution in [0.2, 0.25) is 0 Å². The lowest BCUT2D eigenvalue weighted by Gasteiger charge is -2.23. The Labute approximate surface area is 172 Å². The Balaban J connectivity index is 2.12. The van der Waals surface area contributed by atoms with Crippen LogP contribution < -0.4 is 0 Å². The highest BCUT2D eigenvalue weighted by atomic mass is 32.2. The highest BCUT2D eigenvalue weighted by Crippen LogP contribution is 2.39. The Kier molecular flexibility index (Phi) is 4.58. The molecule has 0 aliphatic rings. The molecular weight excluding hydrogens is 358 g/mol. The second-order valence-corrected chi connectivity index (χ2v) is 10.5. The van der Waals surface area contributed by atoms with Gasteiger partial charge in [0, 0.05) is 21.2 Å². The minimum Gasteiger partial charge on any atom is -0.309 e. The fourth-order valence-electron chi connectivity index (χ4n) is 3.83. The second kappa shape index (κ2) is 6.70. The van der Waals surface area contributed by atoms with Crippen LogP contribution in [-0.2, 0) is 10.2 Å². The largest absolute Gasteiger partial charge is 0.309 e. The lowest BCUT2D eigenvalue weighted by Crippen LogP contribution is -2.11. The van der Waals surface area contributed by atoms with Crippen LogP contribution in [0.25, 0.3) is 27.5 Å². The molecule has 0 amide bonds. The Morgan fingerprint density at radius 2 is 1.21 bits per heavy atom. The molecule has 0 N–H and O–H groups in total. The molecule has 1 heterocycles. The van der Waals surface area contributed by atoms with Crippen LogP contribution in [0.5, 0.6) is 0 Å². The molecule has 0 spiro atoms. The number of aromatic nitrogens is 1. The fraction of sp³-hybridized carbons (Fsp3) is 0.308. The SMILES string of the molecule is CSC(C)(C)c1ccc2c3ccc(C(C)(C)C)cc3n(-c3ccccc3)c2c1. The van der Waals surface area contributed by atoms with Gasteiger partial charge in [0.25, 0.3) is 0 Å². The molecule has 4 rings (SSSR count). The third kappa shape index (κ3) is 3.14. The van der Waals surface area contributed by atoms with Gasteiger partial charge in [0.2, 0.25) is 0 Å². The maximum atomic E-state index is 2.43. The lowest BCUT2D eigenvalue weighted by atomic mass is 9.86. The highest BCUT2D eigenvalue weighted by molar-refractivity contribution is 7.99. The smallest absolute Gasteiger partial charge is 0.0544 e. The van der Waals surface area contributed by atoms with Gasteiger partial charge >= 0.3 is 0 Å². The first-order valence-electron chi connectivity index (χ1n) is 9.92. The van der Waals surface area contributed by atoms with Crippen molar-refractivity contribution in [2.24, 2.45) is 0 Å². The number of hydrogen-bond donors (Lipinski definition) is 0. The van der Waals surface area contributed by atoms with Gasteiger partial charge < -0.3 is 4.57 Å². The molecule has 0 atom stereocenters. The van der Waals surface area contributed by atoms with Crippen LogP contribution in [0, 0.1) is 0 Å². The summed E-state index contributed by atoms with van der Waals surface area (Å²) in [5.74, 6) is 0. The molecule has 28 heavy (non-hydrogen) atoms. The second-order valence-electron chi connectivity index (χ2n) is 9.10.